The van der Waals surface area contributed by atoms with E-state index in [1.807, 2.05) is 13.8 Å². The third kappa shape index (κ3) is 2.58. The van der Waals surface area contributed by atoms with E-state index in [4.69, 9.17) is 0 Å². The van der Waals surface area contributed by atoms with Gasteiger partial charge in [0.2, 0.25) is 0 Å². The van der Waals surface area contributed by atoms with Crippen LogP contribution in [0.2, 0.25) is 0 Å². The molecule has 0 radical (unpaired) electrons. The lowest BCUT2D eigenvalue weighted by atomic mass is 9.48. The Bertz CT molecular complexity index is 603. The minimum absolute atomic E-state index is 0.241. The number of hydrogen-bond acceptors (Lipinski definition) is 2. The molecule has 3 fully saturated rings. The maximum Gasteiger partial charge on any atom is 0.133 e. The van der Waals surface area contributed by atoms with E-state index >= 15 is 0 Å². The van der Waals surface area contributed by atoms with E-state index in [0.717, 1.165) is 43.4 Å². The minimum atomic E-state index is -0.521. The maximum absolute atomic E-state index is 12.2. The number of Topliss-reactive ketones (excluding diaryl/α,β-unsaturated/α-hetero) is 1. The molecule has 0 unspecified atom stereocenters. The highest BCUT2D eigenvalue weighted by Gasteiger charge is 2.59. The van der Waals surface area contributed by atoms with Crippen LogP contribution in [0, 0.1) is 34.5 Å². The lowest BCUT2D eigenvalue weighted by Gasteiger charge is -2.56. The molecule has 0 bridgehead atoms. The van der Waals surface area contributed by atoms with Gasteiger partial charge in [0.05, 0.1) is 5.60 Å². The third-order valence-corrected chi connectivity index (χ3v) is 9.10. The van der Waals surface area contributed by atoms with Gasteiger partial charge in [0.25, 0.3) is 0 Å². The Morgan fingerprint density at radius 1 is 1.08 bits per heavy atom. The first-order valence-corrected chi connectivity index (χ1v) is 10.6. The van der Waals surface area contributed by atoms with E-state index in [-0.39, 0.29) is 10.8 Å². The third-order valence-electron chi connectivity index (χ3n) is 9.10. The summed E-state index contributed by atoms with van der Waals surface area (Å²) in [6, 6.07) is 0. The predicted octanol–water partition coefficient (Wildman–Crippen LogP) is 5.30. The molecule has 3 saturated carbocycles. The Hall–Kier alpha value is -0.630. The number of rotatable bonds is 1. The van der Waals surface area contributed by atoms with Crippen LogP contribution >= 0.6 is 0 Å². The Labute approximate surface area is 153 Å². The van der Waals surface area contributed by atoms with Crippen LogP contribution in [-0.2, 0) is 4.79 Å². The molecule has 0 aromatic heterocycles. The molecule has 1 N–H and O–H groups in total. The molecule has 2 heteroatoms. The number of ketones is 1. The second-order valence-corrected chi connectivity index (χ2v) is 10.6. The van der Waals surface area contributed by atoms with Gasteiger partial charge in [-0.2, -0.15) is 0 Å². The van der Waals surface area contributed by atoms with Gasteiger partial charge in [0, 0.05) is 5.92 Å². The molecule has 0 aliphatic heterocycles. The van der Waals surface area contributed by atoms with Crippen LogP contribution in [0.1, 0.15) is 85.5 Å². The van der Waals surface area contributed by atoms with Crippen molar-refractivity contribution in [2.24, 2.45) is 34.5 Å². The van der Waals surface area contributed by atoms with Crippen molar-refractivity contribution in [2.45, 2.75) is 91.1 Å². The molecule has 140 valence electrons. The van der Waals surface area contributed by atoms with Crippen molar-refractivity contribution in [3.05, 3.63) is 11.6 Å². The number of allylic oxidation sites excluding steroid dienone is 1. The number of hydrogen-bond donors (Lipinski definition) is 1. The molecule has 0 aromatic carbocycles. The molecule has 7 atom stereocenters. The quantitative estimate of drug-likeness (QED) is 0.656. The molecule has 4 rings (SSSR count). The summed E-state index contributed by atoms with van der Waals surface area (Å²) in [4.78, 5) is 12.2. The highest BCUT2D eigenvalue weighted by Crippen LogP contribution is 2.66. The summed E-state index contributed by atoms with van der Waals surface area (Å²) < 4.78 is 0. The zero-order valence-electron chi connectivity index (χ0n) is 16.6. The highest BCUT2D eigenvalue weighted by atomic mass is 16.3. The molecular formula is C23H36O2. The van der Waals surface area contributed by atoms with Crippen molar-refractivity contribution >= 4 is 5.78 Å². The summed E-state index contributed by atoms with van der Waals surface area (Å²) in [6.45, 7) is 8.76. The summed E-state index contributed by atoms with van der Waals surface area (Å²) in [5.74, 6) is 2.95. The number of carbonyl (C=O) groups is 1. The van der Waals surface area contributed by atoms with Crippen molar-refractivity contribution in [3.8, 4) is 0 Å². The summed E-state index contributed by atoms with van der Waals surface area (Å²) >= 11 is 0. The lowest BCUT2D eigenvalue weighted by molar-refractivity contribution is -0.127. The summed E-state index contributed by atoms with van der Waals surface area (Å²) in [7, 11) is 0. The van der Waals surface area contributed by atoms with Gasteiger partial charge in [0.1, 0.15) is 5.78 Å². The molecule has 25 heavy (non-hydrogen) atoms. The van der Waals surface area contributed by atoms with Gasteiger partial charge < -0.3 is 5.11 Å². The van der Waals surface area contributed by atoms with E-state index in [0.29, 0.717) is 11.7 Å². The van der Waals surface area contributed by atoms with Crippen LogP contribution < -0.4 is 0 Å². The second kappa shape index (κ2) is 5.68. The molecule has 2 nitrogen and oxygen atoms in total. The van der Waals surface area contributed by atoms with Gasteiger partial charge in [-0.05, 0) is 100 Å². The van der Waals surface area contributed by atoms with Crippen LogP contribution in [0.15, 0.2) is 11.6 Å². The van der Waals surface area contributed by atoms with Gasteiger partial charge >= 0.3 is 0 Å². The standard InChI is InChI=1S/C23H36O2/c1-15(24)18-8-9-19-17-7-6-16-14-21(2,25)11-5-12-22(16,3)20(17)10-13-23(18,19)4/h6,17-20,25H,5,7-14H2,1-4H3/t17-,18+,19-,20-,21+,22-,23+/m0/s1. The Balaban J connectivity index is 1.67. The normalized spacial score (nSPS) is 52.4. The molecule has 4 aliphatic carbocycles. The number of carbonyl (C=O) groups excluding carboxylic acids is 1. The van der Waals surface area contributed by atoms with Gasteiger partial charge in [0.15, 0.2) is 0 Å². The van der Waals surface area contributed by atoms with Gasteiger partial charge in [-0.1, -0.05) is 25.5 Å². The molecule has 0 heterocycles. The molecule has 0 saturated heterocycles. The van der Waals surface area contributed by atoms with E-state index in [9.17, 15) is 9.90 Å². The largest absolute Gasteiger partial charge is 0.390 e. The highest BCUT2D eigenvalue weighted by molar-refractivity contribution is 5.79. The Morgan fingerprint density at radius 3 is 2.56 bits per heavy atom. The molecule has 4 aliphatic rings. The molecule has 0 aromatic rings. The zero-order chi connectivity index (χ0) is 18.0. The van der Waals surface area contributed by atoms with E-state index in [2.05, 4.69) is 19.9 Å². The van der Waals surface area contributed by atoms with Gasteiger partial charge in [-0.3, -0.25) is 4.79 Å². The zero-order valence-corrected chi connectivity index (χ0v) is 16.6. The fourth-order valence-corrected chi connectivity index (χ4v) is 7.78. The average Bonchev–Trinajstić information content (AvgIpc) is 2.81. The topological polar surface area (TPSA) is 37.3 Å². The van der Waals surface area contributed by atoms with Crippen molar-refractivity contribution in [3.63, 3.8) is 0 Å². The van der Waals surface area contributed by atoms with E-state index < -0.39 is 5.60 Å². The SMILES string of the molecule is CC(=O)[C@H]1CC[C@H]2[C@@H]3CC=C4C[C@](C)(O)CCC[C@]4(C)[C@H]3CC[C@]12C. The Kier molecular flexibility index (Phi) is 4.04. The lowest BCUT2D eigenvalue weighted by Crippen LogP contribution is -2.49. The molecule has 0 amide bonds. The first-order chi connectivity index (χ1) is 11.7. The van der Waals surface area contributed by atoms with Crippen molar-refractivity contribution in [1.82, 2.24) is 0 Å². The van der Waals surface area contributed by atoms with Crippen LogP contribution in [-0.4, -0.2) is 16.5 Å². The maximum atomic E-state index is 12.2. The van der Waals surface area contributed by atoms with Crippen LogP contribution in [0.5, 0.6) is 0 Å². The van der Waals surface area contributed by atoms with Crippen molar-refractivity contribution in [2.75, 3.05) is 0 Å². The fourth-order valence-electron chi connectivity index (χ4n) is 7.78. The molecular weight excluding hydrogens is 308 g/mol. The van der Waals surface area contributed by atoms with E-state index in [1.54, 1.807) is 5.57 Å². The van der Waals surface area contributed by atoms with Crippen molar-refractivity contribution in [1.29, 1.82) is 0 Å². The summed E-state index contributed by atoms with van der Waals surface area (Å²) in [5, 5.41) is 10.7. The van der Waals surface area contributed by atoms with Gasteiger partial charge in [-0.25, -0.2) is 0 Å². The Morgan fingerprint density at radius 2 is 1.84 bits per heavy atom. The predicted molar refractivity (Wildman–Crippen MR) is 101 cm³/mol. The fraction of sp³-hybridized carbons (Fsp3) is 0.870. The van der Waals surface area contributed by atoms with Crippen LogP contribution in [0.4, 0.5) is 0 Å². The first kappa shape index (κ1) is 17.8. The van der Waals surface area contributed by atoms with Crippen LogP contribution in [0.3, 0.4) is 0 Å². The van der Waals surface area contributed by atoms with Crippen molar-refractivity contribution < 1.29 is 9.90 Å². The number of aliphatic hydroxyl groups is 1. The smallest absolute Gasteiger partial charge is 0.133 e. The summed E-state index contributed by atoms with van der Waals surface area (Å²) in [5.41, 5.74) is 1.54. The second-order valence-electron chi connectivity index (χ2n) is 10.6. The monoisotopic (exact) mass is 344 g/mol. The summed E-state index contributed by atoms with van der Waals surface area (Å²) in [6.07, 6.45) is 12.7. The average molecular weight is 345 g/mol. The first-order valence-electron chi connectivity index (χ1n) is 10.6. The number of fused-ring (bicyclic) bond motifs is 5. The minimum Gasteiger partial charge on any atom is -0.390 e. The molecule has 0 spiro atoms. The van der Waals surface area contributed by atoms with Crippen LogP contribution in [0.25, 0.3) is 0 Å². The van der Waals surface area contributed by atoms with Gasteiger partial charge in [-0.15, -0.1) is 0 Å². The van der Waals surface area contributed by atoms with E-state index in [1.165, 1.54) is 32.1 Å².